The van der Waals surface area contributed by atoms with Crippen LogP contribution in [0.4, 0.5) is 13.2 Å². The van der Waals surface area contributed by atoms with Gasteiger partial charge in [-0.05, 0) is 43.4 Å². The summed E-state index contributed by atoms with van der Waals surface area (Å²) in [5.74, 6) is 0.625. The van der Waals surface area contributed by atoms with Gasteiger partial charge >= 0.3 is 6.36 Å². The van der Waals surface area contributed by atoms with Gasteiger partial charge in [0.1, 0.15) is 5.75 Å². The number of halogens is 3. The summed E-state index contributed by atoms with van der Waals surface area (Å²) in [5.41, 5.74) is 0.911. The van der Waals surface area contributed by atoms with Crippen molar-refractivity contribution >= 4 is 0 Å². The second kappa shape index (κ2) is 12.8. The Kier molecular flexibility index (Phi) is 10.1. The third kappa shape index (κ3) is 9.25. The average Bonchev–Trinajstić information content (AvgIpc) is 2.78. The molecular formula is C24H35F3O5. The van der Waals surface area contributed by atoms with E-state index in [-0.39, 0.29) is 18.3 Å². The third-order valence-corrected chi connectivity index (χ3v) is 5.92. The molecule has 2 aliphatic heterocycles. The first kappa shape index (κ1) is 25.3. The monoisotopic (exact) mass is 460 g/mol. The van der Waals surface area contributed by atoms with Gasteiger partial charge in [0.25, 0.3) is 0 Å². The van der Waals surface area contributed by atoms with Crippen LogP contribution >= 0.6 is 0 Å². The summed E-state index contributed by atoms with van der Waals surface area (Å²) in [4.78, 5) is 0. The molecule has 3 rings (SSSR count). The lowest BCUT2D eigenvalue weighted by Crippen LogP contribution is -2.35. The number of ether oxygens (including phenoxy) is 5. The van der Waals surface area contributed by atoms with Gasteiger partial charge in [0.2, 0.25) is 0 Å². The molecule has 2 fully saturated rings. The van der Waals surface area contributed by atoms with E-state index in [0.717, 1.165) is 31.6 Å². The normalized spacial score (nSPS) is 26.8. The van der Waals surface area contributed by atoms with Crippen LogP contribution in [-0.2, 0) is 25.4 Å². The summed E-state index contributed by atoms with van der Waals surface area (Å²) < 4.78 is 64.0. The minimum atomic E-state index is -4.67. The van der Waals surface area contributed by atoms with Crippen LogP contribution in [0.1, 0.15) is 57.4 Å². The van der Waals surface area contributed by atoms with Crippen LogP contribution in [0, 0.1) is 11.8 Å². The Balaban J connectivity index is 1.26. The van der Waals surface area contributed by atoms with Gasteiger partial charge < -0.3 is 23.7 Å². The molecule has 0 radical (unpaired) electrons. The highest BCUT2D eigenvalue weighted by atomic mass is 19.4. The van der Waals surface area contributed by atoms with E-state index in [1.54, 1.807) is 12.1 Å². The smallest absolute Gasteiger partial charge is 0.406 e. The summed E-state index contributed by atoms with van der Waals surface area (Å²) in [5, 5.41) is 0. The SMILES string of the molecule is CCCCCC1COC(CCC2COC(CCc3ccc(OC(F)(F)F)cc3)OC2)OC1. The average molecular weight is 461 g/mol. The molecule has 0 atom stereocenters. The largest absolute Gasteiger partial charge is 0.573 e. The number of hydrogen-bond acceptors (Lipinski definition) is 5. The van der Waals surface area contributed by atoms with Crippen molar-refractivity contribution in [3.8, 4) is 5.75 Å². The van der Waals surface area contributed by atoms with Gasteiger partial charge in [-0.15, -0.1) is 13.2 Å². The van der Waals surface area contributed by atoms with E-state index in [1.807, 2.05) is 0 Å². The third-order valence-electron chi connectivity index (χ3n) is 5.92. The Hall–Kier alpha value is -1.35. The molecular weight excluding hydrogens is 425 g/mol. The van der Waals surface area contributed by atoms with Crippen LogP contribution in [0.5, 0.6) is 5.75 Å². The van der Waals surface area contributed by atoms with Crippen molar-refractivity contribution < 1.29 is 36.9 Å². The van der Waals surface area contributed by atoms with Crippen LogP contribution in [0.15, 0.2) is 24.3 Å². The van der Waals surface area contributed by atoms with Gasteiger partial charge in [-0.3, -0.25) is 0 Å². The molecule has 0 aliphatic carbocycles. The first-order chi connectivity index (χ1) is 15.4. The maximum Gasteiger partial charge on any atom is 0.573 e. The van der Waals surface area contributed by atoms with Gasteiger partial charge in [-0.2, -0.15) is 0 Å². The Bertz CT molecular complexity index is 636. The van der Waals surface area contributed by atoms with Gasteiger partial charge in [-0.1, -0.05) is 38.3 Å². The highest BCUT2D eigenvalue weighted by Gasteiger charge is 2.31. The van der Waals surface area contributed by atoms with E-state index in [4.69, 9.17) is 18.9 Å². The molecule has 0 N–H and O–H groups in total. The first-order valence-corrected chi connectivity index (χ1v) is 11.7. The van der Waals surface area contributed by atoms with Crippen molar-refractivity contribution in [1.29, 1.82) is 0 Å². The minimum absolute atomic E-state index is 0.126. The summed E-state index contributed by atoms with van der Waals surface area (Å²) in [6, 6.07) is 5.91. The molecule has 1 aromatic carbocycles. The first-order valence-electron chi connectivity index (χ1n) is 11.7. The zero-order chi connectivity index (χ0) is 22.8. The van der Waals surface area contributed by atoms with Crippen molar-refractivity contribution in [2.24, 2.45) is 11.8 Å². The van der Waals surface area contributed by atoms with E-state index < -0.39 is 6.36 Å². The highest BCUT2D eigenvalue weighted by Crippen LogP contribution is 2.25. The molecule has 0 saturated carbocycles. The molecule has 5 nitrogen and oxygen atoms in total. The predicted octanol–water partition coefficient (Wildman–Crippen LogP) is 5.86. The lowest BCUT2D eigenvalue weighted by atomic mass is 10.0. The molecule has 2 aliphatic rings. The molecule has 0 spiro atoms. The van der Waals surface area contributed by atoms with E-state index in [0.29, 0.717) is 37.9 Å². The molecule has 0 unspecified atom stereocenters. The van der Waals surface area contributed by atoms with Crippen LogP contribution in [0.25, 0.3) is 0 Å². The van der Waals surface area contributed by atoms with Crippen molar-refractivity contribution in [1.82, 2.24) is 0 Å². The van der Waals surface area contributed by atoms with E-state index in [2.05, 4.69) is 11.7 Å². The maximum absolute atomic E-state index is 12.2. The van der Waals surface area contributed by atoms with Crippen molar-refractivity contribution in [2.45, 2.75) is 77.2 Å². The number of hydrogen-bond donors (Lipinski definition) is 0. The van der Waals surface area contributed by atoms with Crippen molar-refractivity contribution in [3.63, 3.8) is 0 Å². The number of alkyl halides is 3. The Morgan fingerprint density at radius 1 is 0.781 bits per heavy atom. The summed E-state index contributed by atoms with van der Waals surface area (Å²) in [7, 11) is 0. The Morgan fingerprint density at radius 2 is 1.34 bits per heavy atom. The van der Waals surface area contributed by atoms with Crippen molar-refractivity contribution in [2.75, 3.05) is 26.4 Å². The van der Waals surface area contributed by atoms with E-state index in [9.17, 15) is 13.2 Å². The van der Waals surface area contributed by atoms with Gasteiger partial charge in [0, 0.05) is 18.3 Å². The minimum Gasteiger partial charge on any atom is -0.406 e. The Morgan fingerprint density at radius 3 is 1.91 bits per heavy atom. The molecule has 0 bridgehead atoms. The van der Waals surface area contributed by atoms with E-state index in [1.165, 1.54) is 37.8 Å². The van der Waals surface area contributed by atoms with Gasteiger partial charge in [0.15, 0.2) is 12.6 Å². The number of unbranched alkanes of at least 4 members (excludes halogenated alkanes) is 2. The second-order valence-corrected chi connectivity index (χ2v) is 8.73. The number of rotatable bonds is 11. The number of aryl methyl sites for hydroxylation is 1. The predicted molar refractivity (Wildman–Crippen MR) is 113 cm³/mol. The lowest BCUT2D eigenvalue weighted by Gasteiger charge is -2.32. The maximum atomic E-state index is 12.2. The highest BCUT2D eigenvalue weighted by molar-refractivity contribution is 5.27. The topological polar surface area (TPSA) is 46.2 Å². The summed E-state index contributed by atoms with van der Waals surface area (Å²) in [6.07, 6.45) is 2.92. The fourth-order valence-corrected chi connectivity index (χ4v) is 4.03. The molecule has 0 amide bonds. The molecule has 182 valence electrons. The molecule has 2 heterocycles. The summed E-state index contributed by atoms with van der Waals surface area (Å²) in [6.45, 7) is 5.06. The van der Waals surface area contributed by atoms with Crippen LogP contribution < -0.4 is 4.74 Å². The van der Waals surface area contributed by atoms with Crippen LogP contribution in [0.3, 0.4) is 0 Å². The fourth-order valence-electron chi connectivity index (χ4n) is 4.03. The molecule has 1 aromatic rings. The van der Waals surface area contributed by atoms with Crippen molar-refractivity contribution in [3.05, 3.63) is 29.8 Å². The Labute approximate surface area is 188 Å². The van der Waals surface area contributed by atoms with Crippen LogP contribution in [-0.4, -0.2) is 45.4 Å². The van der Waals surface area contributed by atoms with Gasteiger partial charge in [0.05, 0.1) is 26.4 Å². The fraction of sp³-hybridized carbons (Fsp3) is 0.750. The molecule has 0 aromatic heterocycles. The standard InChI is InChI=1S/C24H35F3O5/c1-2-3-4-5-19-14-28-23(29-15-19)13-9-20-16-30-22(31-17-20)12-8-18-6-10-21(11-7-18)32-24(25,26)27/h6-7,10-11,19-20,22-23H,2-5,8-9,12-17H2,1H3. The second-order valence-electron chi connectivity index (χ2n) is 8.73. The zero-order valence-corrected chi connectivity index (χ0v) is 18.8. The van der Waals surface area contributed by atoms with E-state index >= 15 is 0 Å². The quantitative estimate of drug-likeness (QED) is 0.387. The van der Waals surface area contributed by atoms with Crippen LogP contribution in [0.2, 0.25) is 0 Å². The lowest BCUT2D eigenvalue weighted by molar-refractivity contribution is -0.274. The molecule has 2 saturated heterocycles. The zero-order valence-electron chi connectivity index (χ0n) is 18.8. The molecule has 8 heteroatoms. The summed E-state index contributed by atoms with van der Waals surface area (Å²) >= 11 is 0. The number of benzene rings is 1. The van der Waals surface area contributed by atoms with Gasteiger partial charge in [-0.25, -0.2) is 0 Å². The molecule has 32 heavy (non-hydrogen) atoms.